The number of nitrogens with one attached hydrogen (secondary N) is 2. The summed E-state index contributed by atoms with van der Waals surface area (Å²) in [5.74, 6) is -1.09. The second kappa shape index (κ2) is 11.4. The molecule has 0 atom stereocenters. The molecule has 3 aromatic rings. The number of carbonyl (C=O) groups is 4. The molecule has 3 aromatic carbocycles. The van der Waals surface area contributed by atoms with Crippen LogP contribution in [-0.4, -0.2) is 29.3 Å². The number of carboxylic acids is 1. The maximum atomic E-state index is 12.3. The summed E-state index contributed by atoms with van der Waals surface area (Å²) >= 11 is 3.28. The Bertz CT molecular complexity index is 1150. The molecule has 0 aliphatic carbocycles. The number of Topliss-reactive ketones (excluding diaryl/α,β-unsaturated/α-hetero) is 1. The summed E-state index contributed by atoms with van der Waals surface area (Å²) in [6, 6.07) is 18.1. The van der Waals surface area contributed by atoms with Gasteiger partial charge in [-0.1, -0.05) is 34.1 Å². The van der Waals surface area contributed by atoms with Crippen molar-refractivity contribution in [3.8, 4) is 11.1 Å². The van der Waals surface area contributed by atoms with E-state index >= 15 is 0 Å². The number of amides is 3. The number of halogens is 1. The number of carbonyl (C=O) groups excluding carboxylic acids is 3. The second-order valence-electron chi connectivity index (χ2n) is 6.42. The normalized spacial score (nSPS) is 9.69. The number of rotatable bonds is 5. The average Bonchev–Trinajstić information content (AvgIpc) is 2.74. The Balaban J connectivity index is 0.00000114. The molecule has 0 aromatic heterocycles. The molecule has 5 N–H and O–H groups in total. The van der Waals surface area contributed by atoms with Crippen LogP contribution in [0.5, 0.6) is 0 Å². The second-order valence-corrected chi connectivity index (χ2v) is 7.34. The number of carboxylic acid groups (broad SMARTS) is 1. The fourth-order valence-corrected chi connectivity index (χ4v) is 3.15. The van der Waals surface area contributed by atoms with E-state index in [1.165, 1.54) is 13.0 Å². The molecule has 0 aliphatic heterocycles. The summed E-state index contributed by atoms with van der Waals surface area (Å²) in [6.45, 7) is 1.48. The van der Waals surface area contributed by atoms with E-state index in [-0.39, 0.29) is 17.8 Å². The number of ketones is 1. The maximum absolute atomic E-state index is 12.3. The number of nitrogens with two attached hydrogens (primary N) is 1. The van der Waals surface area contributed by atoms with Crippen LogP contribution in [0.1, 0.15) is 27.6 Å². The topological polar surface area (TPSA) is 139 Å². The van der Waals surface area contributed by atoms with Gasteiger partial charge in [0.25, 0.3) is 0 Å². The predicted molar refractivity (Wildman–Crippen MR) is 126 cm³/mol. The van der Waals surface area contributed by atoms with Crippen LogP contribution in [0, 0.1) is 0 Å². The van der Waals surface area contributed by atoms with Crippen molar-refractivity contribution in [1.82, 2.24) is 0 Å². The Morgan fingerprint density at radius 1 is 0.938 bits per heavy atom. The molecule has 0 heterocycles. The van der Waals surface area contributed by atoms with E-state index in [1.807, 2.05) is 0 Å². The standard InChI is InChI=1S/C22H17BrN2O4.CH3NO/c1-13(26)14-5-8-17(9-6-14)24-22(29)25-18-4-2-3-15(11-18)19-10-7-16(23)12-20(19)21(27)28;2-1-3/h2-12H,1H3,(H,27,28)(H2,24,25,29);1H,(H2,2,3). The molecule has 8 nitrogen and oxygen atoms in total. The lowest BCUT2D eigenvalue weighted by molar-refractivity contribution is -0.106. The minimum Gasteiger partial charge on any atom is -0.478 e. The van der Waals surface area contributed by atoms with Crippen molar-refractivity contribution in [3.05, 3.63) is 82.3 Å². The lowest BCUT2D eigenvalue weighted by atomic mass is 9.99. The van der Waals surface area contributed by atoms with Crippen LogP contribution >= 0.6 is 15.9 Å². The number of aromatic carboxylic acids is 1. The van der Waals surface area contributed by atoms with Gasteiger partial charge in [-0.15, -0.1) is 0 Å². The lowest BCUT2D eigenvalue weighted by Gasteiger charge is -2.11. The molecule has 164 valence electrons. The van der Waals surface area contributed by atoms with Crippen LogP contribution in [0.2, 0.25) is 0 Å². The largest absolute Gasteiger partial charge is 0.478 e. The highest BCUT2D eigenvalue weighted by molar-refractivity contribution is 9.10. The number of primary amides is 1. The molecule has 32 heavy (non-hydrogen) atoms. The van der Waals surface area contributed by atoms with E-state index in [1.54, 1.807) is 60.7 Å². The van der Waals surface area contributed by atoms with Crippen LogP contribution in [0.3, 0.4) is 0 Å². The van der Waals surface area contributed by atoms with Crippen LogP contribution in [0.25, 0.3) is 11.1 Å². The fourth-order valence-electron chi connectivity index (χ4n) is 2.79. The predicted octanol–water partition coefficient (Wildman–Crippen LogP) is 4.76. The summed E-state index contributed by atoms with van der Waals surface area (Å²) in [5, 5.41) is 14.9. The highest BCUT2D eigenvalue weighted by Crippen LogP contribution is 2.28. The molecule has 0 aliphatic rings. The summed E-state index contributed by atoms with van der Waals surface area (Å²) in [4.78, 5) is 43.7. The molecular formula is C23H20BrN3O5. The highest BCUT2D eigenvalue weighted by Gasteiger charge is 2.13. The van der Waals surface area contributed by atoms with Gasteiger partial charge in [-0.3, -0.25) is 9.59 Å². The van der Waals surface area contributed by atoms with Gasteiger partial charge in [0, 0.05) is 21.4 Å². The summed E-state index contributed by atoms with van der Waals surface area (Å²) < 4.78 is 0.670. The lowest BCUT2D eigenvalue weighted by Crippen LogP contribution is -2.19. The van der Waals surface area contributed by atoms with E-state index in [0.717, 1.165) is 0 Å². The Kier molecular flexibility index (Phi) is 8.67. The maximum Gasteiger partial charge on any atom is 0.336 e. The zero-order valence-electron chi connectivity index (χ0n) is 17.0. The number of urea groups is 1. The molecule has 3 rings (SSSR count). The molecule has 9 heteroatoms. The van der Waals surface area contributed by atoms with Gasteiger partial charge in [-0.2, -0.15) is 0 Å². The molecule has 0 radical (unpaired) electrons. The Labute approximate surface area is 192 Å². The van der Waals surface area contributed by atoms with Crippen LogP contribution in [0.4, 0.5) is 16.2 Å². The van der Waals surface area contributed by atoms with Gasteiger partial charge < -0.3 is 21.5 Å². The zero-order valence-corrected chi connectivity index (χ0v) is 18.5. The zero-order chi connectivity index (χ0) is 23.7. The molecule has 0 bridgehead atoms. The van der Waals surface area contributed by atoms with E-state index < -0.39 is 12.0 Å². The Morgan fingerprint density at radius 3 is 2.16 bits per heavy atom. The minimum absolute atomic E-state index is 0.0495. The van der Waals surface area contributed by atoms with Gasteiger partial charge in [-0.05, 0) is 66.6 Å². The van der Waals surface area contributed by atoms with Crippen molar-refractivity contribution in [3.63, 3.8) is 0 Å². The number of hydrogen-bond donors (Lipinski definition) is 4. The van der Waals surface area contributed by atoms with Crippen molar-refractivity contribution >= 4 is 51.5 Å². The van der Waals surface area contributed by atoms with Gasteiger partial charge in [0.1, 0.15) is 0 Å². The molecule has 0 unspecified atom stereocenters. The number of hydrogen-bond acceptors (Lipinski definition) is 4. The first kappa shape index (κ1) is 24.3. The van der Waals surface area contributed by atoms with Gasteiger partial charge >= 0.3 is 12.0 Å². The third kappa shape index (κ3) is 6.78. The molecule has 0 saturated carbocycles. The SMILES string of the molecule is CC(=O)c1ccc(NC(=O)Nc2cccc(-c3ccc(Br)cc3C(=O)O)c2)cc1.NC=O. The monoisotopic (exact) mass is 497 g/mol. The van der Waals surface area contributed by atoms with Gasteiger partial charge in [0.05, 0.1) is 5.56 Å². The fraction of sp³-hybridized carbons (Fsp3) is 0.0435. The van der Waals surface area contributed by atoms with Gasteiger partial charge in [-0.25, -0.2) is 9.59 Å². The highest BCUT2D eigenvalue weighted by atomic mass is 79.9. The summed E-state index contributed by atoms with van der Waals surface area (Å²) in [5.41, 5.74) is 7.16. The summed E-state index contributed by atoms with van der Waals surface area (Å²) in [6.07, 6.45) is 0.250. The first-order valence-electron chi connectivity index (χ1n) is 9.22. The van der Waals surface area contributed by atoms with E-state index in [2.05, 4.69) is 32.3 Å². The molecule has 0 saturated heterocycles. The van der Waals surface area contributed by atoms with Crippen LogP contribution in [-0.2, 0) is 4.79 Å². The quantitative estimate of drug-likeness (QED) is 0.297. The number of benzene rings is 3. The van der Waals surface area contributed by atoms with E-state index in [0.29, 0.717) is 32.5 Å². The van der Waals surface area contributed by atoms with E-state index in [9.17, 15) is 19.5 Å². The van der Waals surface area contributed by atoms with Gasteiger partial charge in [0.2, 0.25) is 6.41 Å². The molecule has 0 spiro atoms. The first-order valence-corrected chi connectivity index (χ1v) is 10.0. The first-order chi connectivity index (χ1) is 15.2. The van der Waals surface area contributed by atoms with Crippen molar-refractivity contribution < 1.29 is 24.3 Å². The molecule has 0 fully saturated rings. The Hall–Kier alpha value is -3.98. The van der Waals surface area contributed by atoms with Crippen molar-refractivity contribution in [1.29, 1.82) is 0 Å². The third-order valence-corrected chi connectivity index (χ3v) is 4.69. The van der Waals surface area contributed by atoms with Crippen molar-refractivity contribution in [2.75, 3.05) is 10.6 Å². The van der Waals surface area contributed by atoms with Crippen molar-refractivity contribution in [2.45, 2.75) is 6.92 Å². The third-order valence-electron chi connectivity index (χ3n) is 4.19. The van der Waals surface area contributed by atoms with E-state index in [4.69, 9.17) is 4.79 Å². The van der Waals surface area contributed by atoms with Crippen LogP contribution in [0.15, 0.2) is 71.2 Å². The van der Waals surface area contributed by atoms with Crippen molar-refractivity contribution in [2.24, 2.45) is 5.73 Å². The van der Waals surface area contributed by atoms with Gasteiger partial charge in [0.15, 0.2) is 5.78 Å². The average molecular weight is 498 g/mol. The van der Waals surface area contributed by atoms with Crippen LogP contribution < -0.4 is 16.4 Å². The molecule has 3 amide bonds. The number of anilines is 2. The molecular weight excluding hydrogens is 478 g/mol. The minimum atomic E-state index is -1.04. The summed E-state index contributed by atoms with van der Waals surface area (Å²) in [7, 11) is 0. The smallest absolute Gasteiger partial charge is 0.336 e. The Morgan fingerprint density at radius 2 is 1.56 bits per heavy atom.